The van der Waals surface area contributed by atoms with Gasteiger partial charge in [0.2, 0.25) is 5.91 Å². The van der Waals surface area contributed by atoms with Crippen LogP contribution in [0.1, 0.15) is 69.2 Å². The van der Waals surface area contributed by atoms with Gasteiger partial charge in [0.1, 0.15) is 5.75 Å². The lowest BCUT2D eigenvalue weighted by molar-refractivity contribution is -0.117. The maximum atomic E-state index is 12.3. The van der Waals surface area contributed by atoms with E-state index in [1.807, 2.05) is 37.4 Å². The van der Waals surface area contributed by atoms with E-state index in [0.29, 0.717) is 0 Å². The Morgan fingerprint density at radius 3 is 2.62 bits per heavy atom. The molecule has 1 aromatic heterocycles. The highest BCUT2D eigenvalue weighted by molar-refractivity contribution is 5.88. The van der Waals surface area contributed by atoms with Crippen molar-refractivity contribution in [2.75, 3.05) is 7.11 Å². The molecule has 2 rings (SSSR count). The highest BCUT2D eigenvalue weighted by Gasteiger charge is 2.06. The number of carbonyl (C=O) groups is 1. The number of aryl methyl sites for hydroxylation is 2. The highest BCUT2D eigenvalue weighted by atomic mass is 16.5. The number of carbonyl (C=O) groups excluding carboxylic acids is 1. The van der Waals surface area contributed by atoms with E-state index < -0.39 is 0 Å². The molecule has 0 aliphatic heterocycles. The minimum atomic E-state index is -0.0473. The molecule has 0 aliphatic carbocycles. The second-order valence-electron chi connectivity index (χ2n) is 8.29. The van der Waals surface area contributed by atoms with Gasteiger partial charge in [-0.05, 0) is 80.9 Å². The number of ether oxygens (including phenoxy) is 1. The zero-order valence-corrected chi connectivity index (χ0v) is 20.1. The molecule has 32 heavy (non-hydrogen) atoms. The molecule has 0 radical (unpaired) electrons. The second-order valence-corrected chi connectivity index (χ2v) is 8.29. The lowest BCUT2D eigenvalue weighted by atomic mass is 9.99. The molecule has 1 aromatic carbocycles. The molecule has 4 nitrogen and oxygen atoms in total. The summed E-state index contributed by atoms with van der Waals surface area (Å²) in [5, 5.41) is 3.07. The monoisotopic (exact) mass is 434 g/mol. The summed E-state index contributed by atoms with van der Waals surface area (Å²) in [6, 6.07) is 12.4. The second kappa shape index (κ2) is 14.2. The summed E-state index contributed by atoms with van der Waals surface area (Å²) < 4.78 is 5.27. The summed E-state index contributed by atoms with van der Waals surface area (Å²) in [6.45, 7) is 6.31. The molecule has 2 aromatic rings. The summed E-state index contributed by atoms with van der Waals surface area (Å²) in [7, 11) is 1.68. The molecule has 0 saturated carbocycles. The largest absolute Gasteiger partial charge is 0.497 e. The van der Waals surface area contributed by atoms with Gasteiger partial charge in [-0.1, -0.05) is 50.1 Å². The fourth-order valence-corrected chi connectivity index (χ4v) is 3.69. The van der Waals surface area contributed by atoms with Crippen LogP contribution in [0, 0.1) is 6.92 Å². The van der Waals surface area contributed by atoms with Gasteiger partial charge in [-0.3, -0.25) is 9.78 Å². The number of nitrogens with zero attached hydrogens (tertiary/aromatic N) is 1. The van der Waals surface area contributed by atoms with Crippen molar-refractivity contribution in [1.82, 2.24) is 10.3 Å². The number of allylic oxidation sites excluding steroid dienone is 3. The predicted molar refractivity (Wildman–Crippen MR) is 134 cm³/mol. The van der Waals surface area contributed by atoms with Crippen LogP contribution in [-0.4, -0.2) is 24.0 Å². The quantitative estimate of drug-likeness (QED) is 0.224. The van der Waals surface area contributed by atoms with E-state index in [2.05, 4.69) is 48.4 Å². The number of methoxy groups -OCH3 is 1. The van der Waals surface area contributed by atoms with E-state index in [-0.39, 0.29) is 11.9 Å². The number of aromatic nitrogens is 1. The van der Waals surface area contributed by atoms with Crippen molar-refractivity contribution in [2.24, 2.45) is 0 Å². The van der Waals surface area contributed by atoms with Gasteiger partial charge in [0.15, 0.2) is 0 Å². The van der Waals surface area contributed by atoms with Crippen LogP contribution in [0.5, 0.6) is 5.75 Å². The number of nitrogens with one attached hydrogen (secondary N) is 1. The lowest BCUT2D eigenvalue weighted by Crippen LogP contribution is -2.31. The molecule has 0 saturated heterocycles. The van der Waals surface area contributed by atoms with Gasteiger partial charge in [0.25, 0.3) is 0 Å². The van der Waals surface area contributed by atoms with Gasteiger partial charge in [0.05, 0.1) is 7.11 Å². The molecule has 0 bridgehead atoms. The van der Waals surface area contributed by atoms with Crippen molar-refractivity contribution in [2.45, 2.75) is 71.8 Å². The van der Waals surface area contributed by atoms with E-state index in [0.717, 1.165) is 43.5 Å². The van der Waals surface area contributed by atoms with Crippen molar-refractivity contribution >= 4 is 11.5 Å². The summed E-state index contributed by atoms with van der Waals surface area (Å²) in [4.78, 5) is 16.7. The van der Waals surface area contributed by atoms with Crippen molar-refractivity contribution in [3.63, 3.8) is 0 Å². The maximum Gasteiger partial charge on any atom is 0.244 e. The van der Waals surface area contributed by atoms with Gasteiger partial charge < -0.3 is 10.1 Å². The number of hydrogen-bond acceptors (Lipinski definition) is 3. The summed E-state index contributed by atoms with van der Waals surface area (Å²) in [6.07, 6.45) is 14.9. The SMILES string of the molecule is CCCCCC(=CC=CC(=O)N[C@@H](C)CCCc1cccnc1C)c1ccc(OC)cc1. The first-order valence-electron chi connectivity index (χ1n) is 11.8. The Hall–Kier alpha value is -2.88. The minimum Gasteiger partial charge on any atom is -0.497 e. The Labute approximate surface area is 193 Å². The molecular formula is C28H38N2O2. The Bertz CT molecular complexity index is 885. The maximum absolute atomic E-state index is 12.3. The Morgan fingerprint density at radius 2 is 1.94 bits per heavy atom. The van der Waals surface area contributed by atoms with Gasteiger partial charge in [-0.2, -0.15) is 0 Å². The average molecular weight is 435 g/mol. The van der Waals surface area contributed by atoms with Crippen molar-refractivity contribution < 1.29 is 9.53 Å². The molecule has 1 heterocycles. The predicted octanol–water partition coefficient (Wildman–Crippen LogP) is 6.45. The standard InChI is InChI=1S/C28H38N2O2/c1-5-6-7-12-25(26-17-19-27(32-4)20-18-26)14-9-16-28(31)30-22(2)11-8-13-24-15-10-21-29-23(24)3/h9-10,14-22H,5-8,11-13H2,1-4H3,(H,30,31)/t22-/m0/s1. The third-order valence-electron chi connectivity index (χ3n) is 5.64. The first-order valence-corrected chi connectivity index (χ1v) is 11.8. The number of benzene rings is 1. The van der Waals surface area contributed by atoms with E-state index in [1.165, 1.54) is 29.5 Å². The molecule has 0 aliphatic rings. The normalized spacial score (nSPS) is 12.7. The third kappa shape index (κ3) is 9.09. The van der Waals surface area contributed by atoms with E-state index in [9.17, 15) is 4.79 Å². The fraction of sp³-hybridized carbons (Fsp3) is 0.429. The highest BCUT2D eigenvalue weighted by Crippen LogP contribution is 2.23. The summed E-state index contributed by atoms with van der Waals surface area (Å²) in [5.74, 6) is 0.804. The minimum absolute atomic E-state index is 0.0473. The van der Waals surface area contributed by atoms with Gasteiger partial charge >= 0.3 is 0 Å². The van der Waals surface area contributed by atoms with Crippen LogP contribution in [0.2, 0.25) is 0 Å². The van der Waals surface area contributed by atoms with Gasteiger partial charge in [0, 0.05) is 24.0 Å². The van der Waals surface area contributed by atoms with Crippen LogP contribution in [0.3, 0.4) is 0 Å². The van der Waals surface area contributed by atoms with Crippen LogP contribution in [0.25, 0.3) is 5.57 Å². The van der Waals surface area contributed by atoms with Gasteiger partial charge in [-0.15, -0.1) is 0 Å². The number of unbranched alkanes of at least 4 members (excludes halogenated alkanes) is 2. The number of hydrogen-bond donors (Lipinski definition) is 1. The molecule has 1 N–H and O–H groups in total. The van der Waals surface area contributed by atoms with E-state index >= 15 is 0 Å². The first kappa shape index (κ1) is 25.4. The van der Waals surface area contributed by atoms with Gasteiger partial charge in [-0.25, -0.2) is 0 Å². The Balaban J connectivity index is 1.87. The van der Waals surface area contributed by atoms with Crippen LogP contribution in [0.4, 0.5) is 0 Å². The summed E-state index contributed by atoms with van der Waals surface area (Å²) in [5.41, 5.74) is 4.78. The Morgan fingerprint density at radius 1 is 1.16 bits per heavy atom. The molecular weight excluding hydrogens is 396 g/mol. The zero-order chi connectivity index (χ0) is 23.2. The van der Waals surface area contributed by atoms with Crippen LogP contribution in [0.15, 0.2) is 60.8 Å². The molecule has 0 unspecified atom stereocenters. The molecule has 1 amide bonds. The van der Waals surface area contributed by atoms with Crippen LogP contribution >= 0.6 is 0 Å². The topological polar surface area (TPSA) is 51.2 Å². The molecule has 0 spiro atoms. The molecule has 0 fully saturated rings. The lowest BCUT2D eigenvalue weighted by Gasteiger charge is -2.12. The van der Waals surface area contributed by atoms with Crippen molar-refractivity contribution in [3.05, 3.63) is 77.6 Å². The Kier molecular flexibility index (Phi) is 11.3. The number of rotatable bonds is 13. The number of amides is 1. The third-order valence-corrected chi connectivity index (χ3v) is 5.64. The zero-order valence-electron chi connectivity index (χ0n) is 20.1. The van der Waals surface area contributed by atoms with Crippen LogP contribution in [-0.2, 0) is 11.2 Å². The summed E-state index contributed by atoms with van der Waals surface area (Å²) >= 11 is 0. The van der Waals surface area contributed by atoms with E-state index in [4.69, 9.17) is 4.74 Å². The molecule has 4 heteroatoms. The fourth-order valence-electron chi connectivity index (χ4n) is 3.69. The van der Waals surface area contributed by atoms with Crippen molar-refractivity contribution in [1.29, 1.82) is 0 Å². The first-order chi connectivity index (χ1) is 15.5. The van der Waals surface area contributed by atoms with E-state index in [1.54, 1.807) is 13.2 Å². The molecule has 1 atom stereocenters. The molecule has 172 valence electrons. The number of pyridine rings is 1. The average Bonchev–Trinajstić information content (AvgIpc) is 2.79. The van der Waals surface area contributed by atoms with Crippen LogP contribution < -0.4 is 10.1 Å². The smallest absolute Gasteiger partial charge is 0.244 e. The van der Waals surface area contributed by atoms with Crippen molar-refractivity contribution in [3.8, 4) is 5.75 Å².